The largest absolute Gasteiger partial charge is 0.376 e. The SMILES string of the molecule is Cc1cc(CNC(=O)COC[C@@H]2CCCO2)c2[nH]c(-c3ccccc3)c(C)c2c1. The molecular weight excluding hydrogens is 364 g/mol. The molecule has 5 heteroatoms. The molecule has 1 atom stereocenters. The molecule has 2 heterocycles. The van der Waals surface area contributed by atoms with Gasteiger partial charge in [-0.15, -0.1) is 0 Å². The molecule has 1 aromatic heterocycles. The monoisotopic (exact) mass is 392 g/mol. The average Bonchev–Trinajstić information content (AvgIpc) is 3.35. The van der Waals surface area contributed by atoms with Crippen molar-refractivity contribution in [2.45, 2.75) is 39.3 Å². The first-order valence-corrected chi connectivity index (χ1v) is 10.2. The number of carbonyl (C=O) groups is 1. The van der Waals surface area contributed by atoms with Gasteiger partial charge in [0.2, 0.25) is 5.91 Å². The Hall–Kier alpha value is -2.63. The minimum absolute atomic E-state index is 0.0633. The molecule has 0 aliphatic carbocycles. The predicted molar refractivity (Wildman–Crippen MR) is 115 cm³/mol. The standard InChI is InChI=1S/C24H28N2O3/c1-16-11-19(13-25-22(27)15-28-14-20-9-6-10-29-20)24-21(12-16)17(2)23(26-24)18-7-4-3-5-8-18/h3-5,7-8,11-12,20,26H,6,9-10,13-15H2,1-2H3,(H,25,27)/t20-/m0/s1. The van der Waals surface area contributed by atoms with Crippen molar-refractivity contribution >= 4 is 16.8 Å². The van der Waals surface area contributed by atoms with Crippen LogP contribution in [0.2, 0.25) is 0 Å². The van der Waals surface area contributed by atoms with Gasteiger partial charge in [0.25, 0.3) is 0 Å². The van der Waals surface area contributed by atoms with Gasteiger partial charge >= 0.3 is 0 Å². The van der Waals surface area contributed by atoms with E-state index in [0.29, 0.717) is 13.2 Å². The summed E-state index contributed by atoms with van der Waals surface area (Å²) in [5.41, 5.74) is 6.85. The van der Waals surface area contributed by atoms with Crippen LogP contribution in [-0.2, 0) is 20.8 Å². The van der Waals surface area contributed by atoms with E-state index in [-0.39, 0.29) is 18.6 Å². The Morgan fingerprint density at radius 1 is 1.24 bits per heavy atom. The third kappa shape index (κ3) is 4.52. The van der Waals surface area contributed by atoms with E-state index in [4.69, 9.17) is 9.47 Å². The Morgan fingerprint density at radius 3 is 2.83 bits per heavy atom. The van der Waals surface area contributed by atoms with Crippen LogP contribution in [0.1, 0.15) is 29.5 Å². The summed E-state index contributed by atoms with van der Waals surface area (Å²) in [6, 6.07) is 14.7. The van der Waals surface area contributed by atoms with E-state index in [1.165, 1.54) is 16.5 Å². The quantitative estimate of drug-likeness (QED) is 0.631. The second-order valence-corrected chi connectivity index (χ2v) is 7.76. The molecule has 4 rings (SSSR count). The fourth-order valence-corrected chi connectivity index (χ4v) is 3.99. The summed E-state index contributed by atoms with van der Waals surface area (Å²) in [6.07, 6.45) is 2.22. The van der Waals surface area contributed by atoms with E-state index in [0.717, 1.165) is 41.8 Å². The van der Waals surface area contributed by atoms with Crippen LogP contribution in [-0.4, -0.2) is 36.8 Å². The minimum atomic E-state index is -0.107. The van der Waals surface area contributed by atoms with E-state index in [1.54, 1.807) is 0 Å². The van der Waals surface area contributed by atoms with Gasteiger partial charge in [0, 0.05) is 24.2 Å². The summed E-state index contributed by atoms with van der Waals surface area (Å²) in [5, 5.41) is 4.18. The summed E-state index contributed by atoms with van der Waals surface area (Å²) in [5.74, 6) is -0.107. The first-order valence-electron chi connectivity index (χ1n) is 10.2. The molecular formula is C24H28N2O3. The van der Waals surface area contributed by atoms with Gasteiger partial charge in [0.05, 0.1) is 18.2 Å². The van der Waals surface area contributed by atoms with Crippen LogP contribution in [0.5, 0.6) is 0 Å². The highest BCUT2D eigenvalue weighted by Crippen LogP contribution is 2.32. The number of aromatic amines is 1. The second kappa shape index (κ2) is 8.80. The van der Waals surface area contributed by atoms with Crippen molar-refractivity contribution in [1.82, 2.24) is 10.3 Å². The molecule has 1 fully saturated rings. The number of nitrogens with one attached hydrogen (secondary N) is 2. The van der Waals surface area contributed by atoms with Crippen LogP contribution in [0.3, 0.4) is 0 Å². The van der Waals surface area contributed by atoms with Crippen LogP contribution in [0.4, 0.5) is 0 Å². The van der Waals surface area contributed by atoms with Gasteiger partial charge in [-0.2, -0.15) is 0 Å². The van der Waals surface area contributed by atoms with Gasteiger partial charge in [-0.25, -0.2) is 0 Å². The Bertz CT molecular complexity index is 988. The first kappa shape index (κ1) is 19.7. The number of H-pyrrole nitrogens is 1. The van der Waals surface area contributed by atoms with Crippen LogP contribution in [0, 0.1) is 13.8 Å². The van der Waals surface area contributed by atoms with Crippen molar-refractivity contribution in [2.24, 2.45) is 0 Å². The lowest BCUT2D eigenvalue weighted by atomic mass is 10.0. The zero-order valence-electron chi connectivity index (χ0n) is 17.1. The van der Waals surface area contributed by atoms with Gasteiger partial charge in [0.1, 0.15) is 6.61 Å². The number of aryl methyl sites for hydroxylation is 2. The van der Waals surface area contributed by atoms with Crippen molar-refractivity contribution < 1.29 is 14.3 Å². The van der Waals surface area contributed by atoms with Gasteiger partial charge in [-0.05, 0) is 49.4 Å². The van der Waals surface area contributed by atoms with Gasteiger partial charge in [0.15, 0.2) is 0 Å². The van der Waals surface area contributed by atoms with E-state index in [2.05, 4.69) is 48.4 Å². The smallest absolute Gasteiger partial charge is 0.246 e. The lowest BCUT2D eigenvalue weighted by Crippen LogP contribution is -2.28. The molecule has 0 spiro atoms. The molecule has 0 radical (unpaired) electrons. The van der Waals surface area contributed by atoms with Crippen LogP contribution < -0.4 is 5.32 Å². The summed E-state index contributed by atoms with van der Waals surface area (Å²) >= 11 is 0. The normalized spacial score (nSPS) is 16.4. The van der Waals surface area contributed by atoms with Crippen molar-refractivity contribution in [3.8, 4) is 11.3 Å². The van der Waals surface area contributed by atoms with E-state index < -0.39 is 0 Å². The lowest BCUT2D eigenvalue weighted by molar-refractivity contribution is -0.127. The van der Waals surface area contributed by atoms with Crippen LogP contribution in [0.15, 0.2) is 42.5 Å². The number of ether oxygens (including phenoxy) is 2. The third-order valence-electron chi connectivity index (χ3n) is 5.49. The van der Waals surface area contributed by atoms with Gasteiger partial charge < -0.3 is 19.8 Å². The Morgan fingerprint density at radius 2 is 2.07 bits per heavy atom. The van der Waals surface area contributed by atoms with Crippen molar-refractivity contribution in [1.29, 1.82) is 0 Å². The number of hydrogen-bond donors (Lipinski definition) is 2. The molecule has 0 saturated carbocycles. The number of aromatic nitrogens is 1. The topological polar surface area (TPSA) is 63.4 Å². The molecule has 0 unspecified atom stereocenters. The number of benzene rings is 2. The summed E-state index contributed by atoms with van der Waals surface area (Å²) in [4.78, 5) is 15.8. The maximum absolute atomic E-state index is 12.2. The lowest BCUT2D eigenvalue weighted by Gasteiger charge is -2.11. The molecule has 1 saturated heterocycles. The fourth-order valence-electron chi connectivity index (χ4n) is 3.99. The number of rotatable bonds is 7. The van der Waals surface area contributed by atoms with E-state index >= 15 is 0 Å². The first-order chi connectivity index (χ1) is 14.1. The summed E-state index contributed by atoms with van der Waals surface area (Å²) < 4.78 is 11.0. The fraction of sp³-hybridized carbons (Fsp3) is 0.375. The predicted octanol–water partition coefficient (Wildman–Crippen LogP) is 4.26. The maximum Gasteiger partial charge on any atom is 0.246 e. The van der Waals surface area contributed by atoms with E-state index in [9.17, 15) is 4.79 Å². The van der Waals surface area contributed by atoms with Crippen LogP contribution >= 0.6 is 0 Å². The molecule has 1 amide bonds. The van der Waals surface area contributed by atoms with Crippen molar-refractivity contribution in [3.63, 3.8) is 0 Å². The molecule has 3 aromatic rings. The number of fused-ring (bicyclic) bond motifs is 1. The zero-order chi connectivity index (χ0) is 20.2. The van der Waals surface area contributed by atoms with Gasteiger partial charge in [-0.3, -0.25) is 4.79 Å². The summed E-state index contributed by atoms with van der Waals surface area (Å²) in [7, 11) is 0. The number of hydrogen-bond acceptors (Lipinski definition) is 3. The molecule has 0 bridgehead atoms. The molecule has 5 nitrogen and oxygen atoms in total. The highest BCUT2D eigenvalue weighted by molar-refractivity contribution is 5.93. The third-order valence-corrected chi connectivity index (χ3v) is 5.49. The highest BCUT2D eigenvalue weighted by atomic mass is 16.5. The van der Waals surface area contributed by atoms with Crippen molar-refractivity contribution in [2.75, 3.05) is 19.8 Å². The average molecular weight is 392 g/mol. The van der Waals surface area contributed by atoms with Crippen LogP contribution in [0.25, 0.3) is 22.2 Å². The Kier molecular flexibility index (Phi) is 5.97. The number of amides is 1. The highest BCUT2D eigenvalue weighted by Gasteiger charge is 2.16. The van der Waals surface area contributed by atoms with Gasteiger partial charge in [-0.1, -0.05) is 42.0 Å². The molecule has 2 N–H and O–H groups in total. The molecule has 2 aromatic carbocycles. The molecule has 1 aliphatic rings. The second-order valence-electron chi connectivity index (χ2n) is 7.76. The molecule has 152 valence electrons. The van der Waals surface area contributed by atoms with E-state index in [1.807, 2.05) is 18.2 Å². The maximum atomic E-state index is 12.2. The minimum Gasteiger partial charge on any atom is -0.376 e. The number of carbonyl (C=O) groups excluding carboxylic acids is 1. The Labute approximate surface area is 171 Å². The molecule has 29 heavy (non-hydrogen) atoms. The summed E-state index contributed by atoms with van der Waals surface area (Å²) in [6.45, 7) is 6.04. The van der Waals surface area contributed by atoms with Crippen molar-refractivity contribution in [3.05, 3.63) is 59.2 Å². The molecule has 1 aliphatic heterocycles. The Balaban J connectivity index is 1.46. The zero-order valence-corrected chi connectivity index (χ0v) is 17.1.